The molecule has 2 rings (SSSR count). The van der Waals surface area contributed by atoms with Crippen LogP contribution in [0.3, 0.4) is 0 Å². The number of hydrogen-bond acceptors (Lipinski definition) is 3. The average Bonchev–Trinajstić information content (AvgIpc) is 2.50. The van der Waals surface area contributed by atoms with Crippen molar-refractivity contribution in [2.45, 2.75) is 19.5 Å². The Bertz CT molecular complexity index is 600. The molecule has 22 heavy (non-hydrogen) atoms. The topological polar surface area (TPSA) is 54.0 Å². The Labute approximate surface area is 139 Å². The van der Waals surface area contributed by atoms with Gasteiger partial charge in [0, 0.05) is 48.5 Å². The van der Waals surface area contributed by atoms with Gasteiger partial charge in [-0.05, 0) is 35.4 Å². The van der Waals surface area contributed by atoms with Crippen molar-refractivity contribution >= 4 is 29.1 Å². The van der Waals surface area contributed by atoms with E-state index in [9.17, 15) is 4.79 Å². The lowest BCUT2D eigenvalue weighted by atomic mass is 10.2. The SMILES string of the molecule is O=C(CCNCc1cc(Cl)cc(Cl)c1)NCc1cccnc1. The third-order valence-corrected chi connectivity index (χ3v) is 3.43. The highest BCUT2D eigenvalue weighted by atomic mass is 35.5. The third-order valence-electron chi connectivity index (χ3n) is 2.99. The zero-order valence-corrected chi connectivity index (χ0v) is 13.5. The average molecular weight is 338 g/mol. The number of carbonyl (C=O) groups excluding carboxylic acids is 1. The van der Waals surface area contributed by atoms with E-state index in [1.807, 2.05) is 24.3 Å². The number of aromatic nitrogens is 1. The maximum absolute atomic E-state index is 11.7. The molecular weight excluding hydrogens is 321 g/mol. The lowest BCUT2D eigenvalue weighted by Crippen LogP contribution is -2.27. The number of carbonyl (C=O) groups is 1. The molecule has 0 saturated carbocycles. The molecule has 0 unspecified atom stereocenters. The molecule has 0 bridgehead atoms. The largest absolute Gasteiger partial charge is 0.352 e. The van der Waals surface area contributed by atoms with Gasteiger partial charge in [0.05, 0.1) is 0 Å². The van der Waals surface area contributed by atoms with Gasteiger partial charge in [-0.3, -0.25) is 9.78 Å². The quantitative estimate of drug-likeness (QED) is 0.763. The molecule has 1 aromatic heterocycles. The number of rotatable bonds is 7. The summed E-state index contributed by atoms with van der Waals surface area (Å²) in [5, 5.41) is 7.27. The molecule has 6 heteroatoms. The van der Waals surface area contributed by atoms with E-state index in [-0.39, 0.29) is 5.91 Å². The van der Waals surface area contributed by atoms with E-state index in [0.29, 0.717) is 36.1 Å². The van der Waals surface area contributed by atoms with Gasteiger partial charge in [-0.25, -0.2) is 0 Å². The number of nitrogens with one attached hydrogen (secondary N) is 2. The van der Waals surface area contributed by atoms with Gasteiger partial charge in [0.25, 0.3) is 0 Å². The fourth-order valence-electron chi connectivity index (χ4n) is 1.94. The van der Waals surface area contributed by atoms with E-state index in [1.54, 1.807) is 18.5 Å². The second-order valence-corrected chi connectivity index (χ2v) is 5.72. The van der Waals surface area contributed by atoms with Crippen LogP contribution in [0.15, 0.2) is 42.7 Å². The normalized spacial score (nSPS) is 10.5. The Morgan fingerprint density at radius 2 is 1.86 bits per heavy atom. The summed E-state index contributed by atoms with van der Waals surface area (Å²) < 4.78 is 0. The number of benzene rings is 1. The zero-order chi connectivity index (χ0) is 15.8. The van der Waals surface area contributed by atoms with Crippen LogP contribution < -0.4 is 10.6 Å². The first-order chi connectivity index (χ1) is 10.6. The fourth-order valence-corrected chi connectivity index (χ4v) is 2.51. The number of hydrogen-bond donors (Lipinski definition) is 2. The van der Waals surface area contributed by atoms with Crippen molar-refractivity contribution in [2.75, 3.05) is 6.54 Å². The molecule has 0 atom stereocenters. The van der Waals surface area contributed by atoms with Crippen molar-refractivity contribution < 1.29 is 4.79 Å². The van der Waals surface area contributed by atoms with Gasteiger partial charge in [0.1, 0.15) is 0 Å². The Morgan fingerprint density at radius 1 is 1.09 bits per heavy atom. The highest BCUT2D eigenvalue weighted by Gasteiger charge is 2.02. The first-order valence-electron chi connectivity index (χ1n) is 6.95. The molecule has 0 aliphatic heterocycles. The molecule has 0 radical (unpaired) electrons. The lowest BCUT2D eigenvalue weighted by molar-refractivity contribution is -0.121. The van der Waals surface area contributed by atoms with Crippen LogP contribution >= 0.6 is 23.2 Å². The Morgan fingerprint density at radius 3 is 2.55 bits per heavy atom. The summed E-state index contributed by atoms with van der Waals surface area (Å²) in [6, 6.07) is 9.16. The van der Waals surface area contributed by atoms with Crippen LogP contribution in [-0.4, -0.2) is 17.4 Å². The Balaban J connectivity index is 1.64. The molecule has 1 aromatic carbocycles. The molecule has 0 aliphatic carbocycles. The molecule has 0 fully saturated rings. The molecule has 1 amide bonds. The standard InChI is InChI=1S/C16H17Cl2N3O/c17-14-6-13(7-15(18)8-14)10-20-5-3-16(22)21-11-12-2-1-4-19-9-12/h1-2,4,6-9,20H,3,5,10-11H2,(H,21,22). The molecule has 0 saturated heterocycles. The number of halogens is 2. The van der Waals surface area contributed by atoms with Gasteiger partial charge in [-0.15, -0.1) is 0 Å². The predicted molar refractivity (Wildman–Crippen MR) is 88.9 cm³/mol. The molecular formula is C16H17Cl2N3O. The molecule has 2 N–H and O–H groups in total. The van der Waals surface area contributed by atoms with E-state index in [0.717, 1.165) is 11.1 Å². The second kappa shape index (κ2) is 8.73. The summed E-state index contributed by atoms with van der Waals surface area (Å²) >= 11 is 11.9. The van der Waals surface area contributed by atoms with Crippen molar-refractivity contribution in [1.29, 1.82) is 0 Å². The summed E-state index contributed by atoms with van der Waals surface area (Å²) in [5.41, 5.74) is 1.98. The summed E-state index contributed by atoms with van der Waals surface area (Å²) in [4.78, 5) is 15.7. The molecule has 0 aliphatic rings. The first-order valence-corrected chi connectivity index (χ1v) is 7.70. The minimum Gasteiger partial charge on any atom is -0.352 e. The highest BCUT2D eigenvalue weighted by molar-refractivity contribution is 6.34. The van der Waals surface area contributed by atoms with Crippen molar-refractivity contribution in [3.63, 3.8) is 0 Å². The minimum absolute atomic E-state index is 0.000444. The Hall–Kier alpha value is -1.62. The second-order valence-electron chi connectivity index (χ2n) is 4.84. The van der Waals surface area contributed by atoms with Gasteiger partial charge in [-0.1, -0.05) is 29.3 Å². The molecule has 2 aromatic rings. The molecule has 0 spiro atoms. The van der Waals surface area contributed by atoms with Crippen molar-refractivity contribution in [1.82, 2.24) is 15.6 Å². The van der Waals surface area contributed by atoms with Crippen LogP contribution in [0.1, 0.15) is 17.5 Å². The predicted octanol–water partition coefficient (Wildman–Crippen LogP) is 3.18. The highest BCUT2D eigenvalue weighted by Crippen LogP contribution is 2.18. The van der Waals surface area contributed by atoms with E-state index in [1.165, 1.54) is 0 Å². The summed E-state index contributed by atoms with van der Waals surface area (Å²) in [5.74, 6) is 0.000444. The summed E-state index contributed by atoms with van der Waals surface area (Å²) in [6.45, 7) is 1.70. The fraction of sp³-hybridized carbons (Fsp3) is 0.250. The van der Waals surface area contributed by atoms with E-state index >= 15 is 0 Å². The monoisotopic (exact) mass is 337 g/mol. The van der Waals surface area contributed by atoms with E-state index < -0.39 is 0 Å². The van der Waals surface area contributed by atoms with E-state index in [2.05, 4.69) is 15.6 Å². The van der Waals surface area contributed by atoms with Crippen LogP contribution in [0.2, 0.25) is 10.0 Å². The summed E-state index contributed by atoms with van der Waals surface area (Å²) in [6.07, 6.45) is 3.85. The molecule has 116 valence electrons. The van der Waals surface area contributed by atoms with Crippen LogP contribution in [0, 0.1) is 0 Å². The van der Waals surface area contributed by atoms with Gasteiger partial charge in [-0.2, -0.15) is 0 Å². The van der Waals surface area contributed by atoms with Crippen LogP contribution in [0.25, 0.3) is 0 Å². The zero-order valence-electron chi connectivity index (χ0n) is 12.0. The van der Waals surface area contributed by atoms with Gasteiger partial charge < -0.3 is 10.6 Å². The van der Waals surface area contributed by atoms with Crippen molar-refractivity contribution in [3.05, 3.63) is 63.9 Å². The van der Waals surface area contributed by atoms with Crippen molar-refractivity contribution in [2.24, 2.45) is 0 Å². The maximum atomic E-state index is 11.7. The Kier molecular flexibility index (Phi) is 6.65. The van der Waals surface area contributed by atoms with Crippen LogP contribution in [0.4, 0.5) is 0 Å². The van der Waals surface area contributed by atoms with Gasteiger partial charge in [0.15, 0.2) is 0 Å². The van der Waals surface area contributed by atoms with Gasteiger partial charge in [0.2, 0.25) is 5.91 Å². The first kappa shape index (κ1) is 16.7. The molecule has 4 nitrogen and oxygen atoms in total. The third kappa shape index (κ3) is 6.02. The molecule has 1 heterocycles. The number of pyridine rings is 1. The number of nitrogens with zero attached hydrogens (tertiary/aromatic N) is 1. The smallest absolute Gasteiger partial charge is 0.221 e. The van der Waals surface area contributed by atoms with Gasteiger partial charge >= 0.3 is 0 Å². The van der Waals surface area contributed by atoms with Crippen LogP contribution in [0.5, 0.6) is 0 Å². The number of amides is 1. The van der Waals surface area contributed by atoms with Crippen molar-refractivity contribution in [3.8, 4) is 0 Å². The lowest BCUT2D eigenvalue weighted by Gasteiger charge is -2.07. The summed E-state index contributed by atoms with van der Waals surface area (Å²) in [7, 11) is 0. The minimum atomic E-state index is 0.000444. The van der Waals surface area contributed by atoms with Crippen LogP contribution in [-0.2, 0) is 17.9 Å². The van der Waals surface area contributed by atoms with E-state index in [4.69, 9.17) is 23.2 Å². The maximum Gasteiger partial charge on any atom is 0.221 e.